The van der Waals surface area contributed by atoms with Gasteiger partial charge in [0.2, 0.25) is 11.9 Å². The highest BCUT2D eigenvalue weighted by atomic mass is 19.1. The average Bonchev–Trinajstić information content (AvgIpc) is 3.10. The Kier molecular flexibility index (Phi) is 4.56. The third-order valence-corrected chi connectivity index (χ3v) is 4.17. The third kappa shape index (κ3) is 3.02. The molecule has 25 heavy (non-hydrogen) atoms. The van der Waals surface area contributed by atoms with Gasteiger partial charge in [0.25, 0.3) is 5.56 Å². The van der Waals surface area contributed by atoms with Gasteiger partial charge in [0.15, 0.2) is 23.6 Å². The van der Waals surface area contributed by atoms with E-state index in [0.29, 0.717) is 6.42 Å². The molecule has 1 fully saturated rings. The number of aliphatic hydroxyl groups excluding tert-OH is 1. The minimum absolute atomic E-state index is 0.00668. The highest BCUT2D eigenvalue weighted by Gasteiger charge is 2.44. The van der Waals surface area contributed by atoms with Gasteiger partial charge < -0.3 is 9.84 Å². The standard InChI is InChI=1S/C15H20FN5O4/c1-4-7-10(22)8(16)14(25-7)21-5-17-9-11(21)18-15(20-13(9)24)19-12(23)6(2)3/h5-8,10,14,22H,4H2,1-3H3,(H2,18,19,20,23,24)/t7-,8+,10-,14-/m1/s1. The van der Waals surface area contributed by atoms with E-state index in [2.05, 4.69) is 20.3 Å². The number of fused-ring (bicyclic) bond motifs is 1. The number of halogens is 1. The third-order valence-electron chi connectivity index (χ3n) is 4.17. The van der Waals surface area contributed by atoms with Crippen LogP contribution < -0.4 is 10.9 Å². The van der Waals surface area contributed by atoms with Gasteiger partial charge in [-0.2, -0.15) is 4.98 Å². The number of aromatic amines is 1. The number of hydrogen-bond donors (Lipinski definition) is 3. The van der Waals surface area contributed by atoms with Crippen molar-refractivity contribution in [3.8, 4) is 0 Å². The predicted octanol–water partition coefficient (Wildman–Crippen LogP) is 0.720. The van der Waals surface area contributed by atoms with Crippen molar-refractivity contribution in [2.45, 2.75) is 51.8 Å². The van der Waals surface area contributed by atoms with Crippen molar-refractivity contribution in [1.29, 1.82) is 0 Å². The van der Waals surface area contributed by atoms with Crippen LogP contribution in [-0.2, 0) is 9.53 Å². The van der Waals surface area contributed by atoms with Crippen molar-refractivity contribution in [2.75, 3.05) is 5.32 Å². The maximum atomic E-state index is 14.4. The fourth-order valence-corrected chi connectivity index (χ4v) is 2.70. The summed E-state index contributed by atoms with van der Waals surface area (Å²) in [6, 6.07) is 0. The first-order valence-electron chi connectivity index (χ1n) is 8.08. The number of carbonyl (C=O) groups excluding carboxylic acids is 1. The Morgan fingerprint density at radius 1 is 1.56 bits per heavy atom. The highest BCUT2D eigenvalue weighted by Crippen LogP contribution is 2.34. The lowest BCUT2D eigenvalue weighted by atomic mass is 10.1. The Balaban J connectivity index is 2.01. The first kappa shape index (κ1) is 17.5. The molecule has 2 aromatic rings. The van der Waals surface area contributed by atoms with E-state index in [1.165, 1.54) is 10.9 Å². The quantitative estimate of drug-likeness (QED) is 0.744. The number of amides is 1. The van der Waals surface area contributed by atoms with E-state index in [9.17, 15) is 19.1 Å². The van der Waals surface area contributed by atoms with Gasteiger partial charge in [0.05, 0.1) is 12.4 Å². The molecule has 3 N–H and O–H groups in total. The molecule has 1 saturated heterocycles. The number of nitrogens with one attached hydrogen (secondary N) is 2. The monoisotopic (exact) mass is 353 g/mol. The molecule has 0 radical (unpaired) electrons. The van der Waals surface area contributed by atoms with E-state index >= 15 is 0 Å². The number of hydrogen-bond acceptors (Lipinski definition) is 6. The fraction of sp³-hybridized carbons (Fsp3) is 0.600. The molecule has 0 aliphatic carbocycles. The van der Waals surface area contributed by atoms with Crippen molar-refractivity contribution >= 4 is 23.0 Å². The molecule has 2 aromatic heterocycles. The van der Waals surface area contributed by atoms with Crippen molar-refractivity contribution in [3.63, 3.8) is 0 Å². The van der Waals surface area contributed by atoms with E-state index in [1.807, 2.05) is 0 Å². The SMILES string of the molecule is CC[C@H]1O[C@@H](n2cnc3c(=O)[nH]c(NC(=O)C(C)C)nc32)[C@@H](F)[C@@H]1O. The van der Waals surface area contributed by atoms with Gasteiger partial charge in [0, 0.05) is 5.92 Å². The highest BCUT2D eigenvalue weighted by molar-refractivity contribution is 5.91. The molecule has 1 aliphatic rings. The largest absolute Gasteiger partial charge is 0.387 e. The molecule has 136 valence electrons. The number of ether oxygens (including phenoxy) is 1. The zero-order valence-electron chi connectivity index (χ0n) is 14.1. The minimum atomic E-state index is -1.68. The Labute approximate surface area is 142 Å². The van der Waals surface area contributed by atoms with Crippen molar-refractivity contribution < 1.29 is 19.0 Å². The molecule has 3 heterocycles. The topological polar surface area (TPSA) is 122 Å². The van der Waals surface area contributed by atoms with Gasteiger partial charge in [-0.15, -0.1) is 0 Å². The predicted molar refractivity (Wildman–Crippen MR) is 86.7 cm³/mol. The number of carbonyl (C=O) groups is 1. The molecular weight excluding hydrogens is 333 g/mol. The molecule has 3 rings (SSSR count). The normalized spacial score (nSPS) is 26.5. The van der Waals surface area contributed by atoms with Crippen molar-refractivity contribution in [3.05, 3.63) is 16.7 Å². The summed E-state index contributed by atoms with van der Waals surface area (Å²) in [5.41, 5.74) is -0.504. The second kappa shape index (κ2) is 6.52. The van der Waals surface area contributed by atoms with Crippen LogP contribution >= 0.6 is 0 Å². The number of aromatic nitrogens is 4. The van der Waals surface area contributed by atoms with E-state index in [-0.39, 0.29) is 28.9 Å². The van der Waals surface area contributed by atoms with Crippen molar-refractivity contribution in [2.24, 2.45) is 5.92 Å². The van der Waals surface area contributed by atoms with Crippen LogP contribution in [0.2, 0.25) is 0 Å². The van der Waals surface area contributed by atoms with E-state index in [0.717, 1.165) is 0 Å². The average molecular weight is 353 g/mol. The summed E-state index contributed by atoms with van der Waals surface area (Å²) in [7, 11) is 0. The number of nitrogens with zero attached hydrogens (tertiary/aromatic N) is 3. The van der Waals surface area contributed by atoms with Gasteiger partial charge in [-0.3, -0.25) is 24.5 Å². The maximum Gasteiger partial charge on any atom is 0.280 e. The molecule has 0 saturated carbocycles. The van der Waals surface area contributed by atoms with Crippen LogP contribution in [0.25, 0.3) is 11.2 Å². The number of aliphatic hydroxyl groups is 1. The van der Waals surface area contributed by atoms with Crippen LogP contribution in [0.3, 0.4) is 0 Å². The molecule has 0 bridgehead atoms. The number of alkyl halides is 1. The van der Waals surface area contributed by atoms with Crippen LogP contribution in [0.1, 0.15) is 33.4 Å². The van der Waals surface area contributed by atoms with Crippen LogP contribution in [-0.4, -0.2) is 48.9 Å². The van der Waals surface area contributed by atoms with Gasteiger partial charge in [-0.25, -0.2) is 9.37 Å². The number of imidazole rings is 1. The van der Waals surface area contributed by atoms with E-state index in [1.54, 1.807) is 20.8 Å². The lowest BCUT2D eigenvalue weighted by Crippen LogP contribution is -2.28. The van der Waals surface area contributed by atoms with Gasteiger partial charge in [0.1, 0.15) is 6.10 Å². The van der Waals surface area contributed by atoms with E-state index in [4.69, 9.17) is 4.74 Å². The van der Waals surface area contributed by atoms with Crippen LogP contribution in [0.5, 0.6) is 0 Å². The molecule has 0 spiro atoms. The summed E-state index contributed by atoms with van der Waals surface area (Å²) < 4.78 is 21.2. The molecule has 1 amide bonds. The molecule has 1 aliphatic heterocycles. The van der Waals surface area contributed by atoms with Gasteiger partial charge in [-0.1, -0.05) is 20.8 Å². The Hall–Kier alpha value is -2.33. The first-order valence-corrected chi connectivity index (χ1v) is 8.08. The van der Waals surface area contributed by atoms with Crippen LogP contribution in [0.4, 0.5) is 10.3 Å². The lowest BCUT2D eigenvalue weighted by Gasteiger charge is -2.15. The minimum Gasteiger partial charge on any atom is -0.387 e. The number of rotatable bonds is 4. The Morgan fingerprint density at radius 2 is 2.28 bits per heavy atom. The van der Waals surface area contributed by atoms with E-state index < -0.39 is 30.2 Å². The van der Waals surface area contributed by atoms with Gasteiger partial charge in [-0.05, 0) is 6.42 Å². The molecule has 10 heteroatoms. The summed E-state index contributed by atoms with van der Waals surface area (Å²) in [5.74, 6) is -0.686. The Bertz CT molecular complexity index is 848. The summed E-state index contributed by atoms with van der Waals surface area (Å²) in [4.78, 5) is 34.5. The fourth-order valence-electron chi connectivity index (χ4n) is 2.70. The lowest BCUT2D eigenvalue weighted by molar-refractivity contribution is -0.118. The Morgan fingerprint density at radius 3 is 2.88 bits per heavy atom. The van der Waals surface area contributed by atoms with Gasteiger partial charge >= 0.3 is 0 Å². The van der Waals surface area contributed by atoms with Crippen LogP contribution in [0.15, 0.2) is 11.1 Å². The zero-order valence-corrected chi connectivity index (χ0v) is 14.1. The first-order chi connectivity index (χ1) is 11.8. The summed E-state index contributed by atoms with van der Waals surface area (Å²) >= 11 is 0. The molecule has 9 nitrogen and oxygen atoms in total. The van der Waals surface area contributed by atoms with Crippen molar-refractivity contribution in [1.82, 2.24) is 19.5 Å². The zero-order chi connectivity index (χ0) is 18.3. The van der Waals surface area contributed by atoms with Crippen LogP contribution in [0, 0.1) is 5.92 Å². The number of H-pyrrole nitrogens is 1. The summed E-state index contributed by atoms with van der Waals surface area (Å²) in [5, 5.41) is 12.4. The molecule has 0 aromatic carbocycles. The molecular formula is C15H20FN5O4. The second-order valence-electron chi connectivity index (χ2n) is 6.29. The second-order valence-corrected chi connectivity index (χ2v) is 6.29. The molecule has 0 unspecified atom stereocenters. The summed E-state index contributed by atoms with van der Waals surface area (Å²) in [6.45, 7) is 5.17. The molecule has 4 atom stereocenters. The maximum absolute atomic E-state index is 14.4. The number of anilines is 1. The summed E-state index contributed by atoms with van der Waals surface area (Å²) in [6.07, 6.45) is -3.07. The smallest absolute Gasteiger partial charge is 0.280 e.